The van der Waals surface area contributed by atoms with E-state index >= 15 is 0 Å². The molecule has 1 heterocycles. The minimum absolute atomic E-state index is 0.0601. The molecule has 0 unspecified atom stereocenters. The van der Waals surface area contributed by atoms with Crippen molar-refractivity contribution in [2.75, 3.05) is 5.32 Å². The molecule has 0 bridgehead atoms. The second kappa shape index (κ2) is 3.73. The van der Waals surface area contributed by atoms with Crippen LogP contribution in [0.15, 0.2) is 6.20 Å². The highest BCUT2D eigenvalue weighted by Crippen LogP contribution is 2.20. The Balaban J connectivity index is 2.81. The van der Waals surface area contributed by atoms with Crippen molar-refractivity contribution in [3.05, 3.63) is 16.3 Å². The molecule has 76 valence electrons. The van der Waals surface area contributed by atoms with Crippen molar-refractivity contribution in [2.45, 2.75) is 13.0 Å². The number of nitrogens with one attached hydrogen (secondary N) is 2. The summed E-state index contributed by atoms with van der Waals surface area (Å²) in [5.74, 6) is -1.45. The maximum Gasteiger partial charge on any atom is 0.366 e. The molecule has 14 heavy (non-hydrogen) atoms. The number of carboxylic acids is 1. The lowest BCUT2D eigenvalue weighted by molar-refractivity contribution is -0.388. The molecule has 0 aromatic carbocycles. The summed E-state index contributed by atoms with van der Waals surface area (Å²) in [6.45, 7) is 1.37. The lowest BCUT2D eigenvalue weighted by Crippen LogP contribution is -2.25. The van der Waals surface area contributed by atoms with Crippen molar-refractivity contribution in [3.63, 3.8) is 0 Å². The van der Waals surface area contributed by atoms with E-state index in [1.165, 1.54) is 6.92 Å². The van der Waals surface area contributed by atoms with Gasteiger partial charge in [-0.05, 0) is 11.8 Å². The molecule has 0 saturated carbocycles. The number of aromatic amines is 1. The summed E-state index contributed by atoms with van der Waals surface area (Å²) in [7, 11) is 0. The van der Waals surface area contributed by atoms with E-state index in [0.717, 1.165) is 6.20 Å². The van der Waals surface area contributed by atoms with Gasteiger partial charge in [0.2, 0.25) is 0 Å². The third-order valence-corrected chi connectivity index (χ3v) is 1.54. The van der Waals surface area contributed by atoms with E-state index in [1.807, 2.05) is 0 Å². The molecule has 1 aromatic heterocycles. The fraction of sp³-hybridized carbons (Fsp3) is 0.333. The van der Waals surface area contributed by atoms with Gasteiger partial charge in [0.25, 0.3) is 0 Å². The zero-order valence-electron chi connectivity index (χ0n) is 7.22. The Morgan fingerprint density at radius 1 is 1.86 bits per heavy atom. The molecule has 1 rings (SSSR count). The van der Waals surface area contributed by atoms with Crippen molar-refractivity contribution in [2.24, 2.45) is 0 Å². The number of aromatic nitrogens is 2. The van der Waals surface area contributed by atoms with Gasteiger partial charge in [0.1, 0.15) is 12.2 Å². The second-order valence-corrected chi connectivity index (χ2v) is 2.59. The minimum atomic E-state index is -1.10. The number of anilines is 1. The van der Waals surface area contributed by atoms with Crippen LogP contribution in [-0.2, 0) is 4.79 Å². The molecule has 1 atom stereocenters. The SMILES string of the molecule is C[C@H](Nc1cn[nH]c1[N+](=O)[O-])C(=O)O. The molecule has 8 nitrogen and oxygen atoms in total. The third kappa shape index (κ3) is 1.97. The average Bonchev–Trinajstić information content (AvgIpc) is 2.52. The van der Waals surface area contributed by atoms with E-state index in [1.54, 1.807) is 0 Å². The zero-order valence-corrected chi connectivity index (χ0v) is 7.22. The van der Waals surface area contributed by atoms with Gasteiger partial charge in [0.05, 0.1) is 0 Å². The van der Waals surface area contributed by atoms with Gasteiger partial charge in [-0.15, -0.1) is 5.10 Å². The van der Waals surface area contributed by atoms with Gasteiger partial charge in [-0.3, -0.25) is 4.79 Å². The number of hydrogen-bond acceptors (Lipinski definition) is 5. The molecular weight excluding hydrogens is 192 g/mol. The molecule has 0 aliphatic carbocycles. The molecule has 1 aromatic rings. The molecule has 0 aliphatic rings. The van der Waals surface area contributed by atoms with E-state index in [2.05, 4.69) is 15.5 Å². The number of hydrogen-bond donors (Lipinski definition) is 3. The largest absolute Gasteiger partial charge is 0.480 e. The Morgan fingerprint density at radius 2 is 2.50 bits per heavy atom. The molecular formula is C6H8N4O4. The molecule has 8 heteroatoms. The van der Waals surface area contributed by atoms with E-state index < -0.39 is 16.9 Å². The number of carboxylic acid groups (broad SMARTS) is 1. The highest BCUT2D eigenvalue weighted by atomic mass is 16.6. The lowest BCUT2D eigenvalue weighted by Gasteiger charge is -2.07. The summed E-state index contributed by atoms with van der Waals surface area (Å²) in [6.07, 6.45) is 1.16. The first-order valence-electron chi connectivity index (χ1n) is 3.69. The first kappa shape index (κ1) is 9.96. The fourth-order valence-corrected chi connectivity index (χ4v) is 0.819. The number of nitrogens with zero attached hydrogens (tertiary/aromatic N) is 2. The number of H-pyrrole nitrogens is 1. The maximum absolute atomic E-state index is 10.4. The summed E-state index contributed by atoms with van der Waals surface area (Å²) in [4.78, 5) is 20.1. The van der Waals surface area contributed by atoms with Crippen LogP contribution in [0, 0.1) is 10.1 Å². The predicted molar refractivity (Wildman–Crippen MR) is 46.0 cm³/mol. The molecule has 0 aliphatic heterocycles. The Kier molecular flexibility index (Phi) is 2.65. The van der Waals surface area contributed by atoms with Gasteiger partial charge < -0.3 is 20.5 Å². The molecule has 0 spiro atoms. The van der Waals surface area contributed by atoms with Gasteiger partial charge in [-0.25, -0.2) is 0 Å². The number of rotatable bonds is 4. The summed E-state index contributed by atoms with van der Waals surface area (Å²) in [6, 6.07) is -0.911. The summed E-state index contributed by atoms with van der Waals surface area (Å²) in [5.41, 5.74) is 0.0601. The molecule has 0 radical (unpaired) electrons. The zero-order chi connectivity index (χ0) is 10.7. The Labute approximate surface area is 78.1 Å². The fourth-order valence-electron chi connectivity index (χ4n) is 0.819. The van der Waals surface area contributed by atoms with Crippen molar-refractivity contribution >= 4 is 17.5 Å². The monoisotopic (exact) mass is 200 g/mol. The summed E-state index contributed by atoms with van der Waals surface area (Å²) >= 11 is 0. The Morgan fingerprint density at radius 3 is 3.00 bits per heavy atom. The minimum Gasteiger partial charge on any atom is -0.480 e. The van der Waals surface area contributed by atoms with Crippen LogP contribution < -0.4 is 5.32 Å². The normalized spacial score (nSPS) is 12.1. The van der Waals surface area contributed by atoms with Crippen molar-refractivity contribution < 1.29 is 14.8 Å². The van der Waals surface area contributed by atoms with E-state index in [9.17, 15) is 14.9 Å². The van der Waals surface area contributed by atoms with Gasteiger partial charge >= 0.3 is 11.8 Å². The highest BCUT2D eigenvalue weighted by Gasteiger charge is 2.19. The van der Waals surface area contributed by atoms with Crippen LogP contribution in [-0.4, -0.2) is 32.2 Å². The number of nitro groups is 1. The predicted octanol–water partition coefficient (Wildman–Crippen LogP) is 0.203. The van der Waals surface area contributed by atoms with Gasteiger partial charge in [-0.1, -0.05) is 5.10 Å². The third-order valence-electron chi connectivity index (χ3n) is 1.54. The van der Waals surface area contributed by atoms with Crippen LogP contribution in [0.2, 0.25) is 0 Å². The Hall–Kier alpha value is -2.12. The first-order chi connectivity index (χ1) is 6.52. The van der Waals surface area contributed by atoms with Crippen molar-refractivity contribution in [1.82, 2.24) is 10.2 Å². The molecule has 3 N–H and O–H groups in total. The van der Waals surface area contributed by atoms with Crippen molar-refractivity contribution in [3.8, 4) is 0 Å². The van der Waals surface area contributed by atoms with Crippen LogP contribution in [0.1, 0.15) is 6.92 Å². The summed E-state index contributed by atoms with van der Waals surface area (Å²) in [5, 5.41) is 26.9. The van der Waals surface area contributed by atoms with Crippen LogP contribution in [0.25, 0.3) is 0 Å². The van der Waals surface area contributed by atoms with E-state index in [0.29, 0.717) is 0 Å². The smallest absolute Gasteiger partial charge is 0.366 e. The lowest BCUT2D eigenvalue weighted by atomic mass is 10.3. The summed E-state index contributed by atoms with van der Waals surface area (Å²) < 4.78 is 0. The van der Waals surface area contributed by atoms with Crippen LogP contribution >= 0.6 is 0 Å². The van der Waals surface area contributed by atoms with Crippen LogP contribution in [0.4, 0.5) is 11.5 Å². The van der Waals surface area contributed by atoms with E-state index in [-0.39, 0.29) is 11.5 Å². The standard InChI is InChI=1S/C6H8N4O4/c1-3(6(11)12)8-4-2-7-9-5(4)10(13)14/h2-3,8H,1H3,(H,7,9)(H,11,12)/t3-/m0/s1. The maximum atomic E-state index is 10.4. The van der Waals surface area contributed by atoms with Gasteiger partial charge in [0.15, 0.2) is 5.69 Å². The van der Waals surface area contributed by atoms with Crippen molar-refractivity contribution in [1.29, 1.82) is 0 Å². The second-order valence-electron chi connectivity index (χ2n) is 2.59. The first-order valence-corrected chi connectivity index (χ1v) is 3.69. The van der Waals surface area contributed by atoms with Gasteiger partial charge in [-0.2, -0.15) is 0 Å². The number of aliphatic carboxylic acids is 1. The van der Waals surface area contributed by atoms with Crippen LogP contribution in [0.5, 0.6) is 0 Å². The molecule has 0 amide bonds. The quantitative estimate of drug-likeness (QED) is 0.471. The number of carbonyl (C=O) groups is 1. The average molecular weight is 200 g/mol. The highest BCUT2D eigenvalue weighted by molar-refractivity contribution is 5.77. The van der Waals surface area contributed by atoms with Crippen LogP contribution in [0.3, 0.4) is 0 Å². The molecule has 0 saturated heterocycles. The van der Waals surface area contributed by atoms with Gasteiger partial charge in [0, 0.05) is 0 Å². The van der Waals surface area contributed by atoms with E-state index in [4.69, 9.17) is 5.11 Å². The topological polar surface area (TPSA) is 121 Å². The Bertz CT molecular complexity index is 360. The molecule has 0 fully saturated rings.